The van der Waals surface area contributed by atoms with E-state index in [1.165, 1.54) is 283 Å². The minimum Gasteiger partial charge on any atom is -0.462 e. The van der Waals surface area contributed by atoms with Crippen LogP contribution in [0.3, 0.4) is 0 Å². The first-order valence-electron chi connectivity index (χ1n) is 44.2. The third kappa shape index (κ3) is 76.8. The summed E-state index contributed by atoms with van der Waals surface area (Å²) in [5.74, 6) is -1.25. The highest BCUT2D eigenvalue weighted by Gasteiger charge is 2.30. The molecule has 0 fully saturated rings. The van der Waals surface area contributed by atoms with E-state index in [4.69, 9.17) is 37.0 Å². The Morgan fingerprint density at radius 3 is 0.683 bits per heavy atom. The van der Waals surface area contributed by atoms with Gasteiger partial charge in [0.15, 0.2) is 12.2 Å². The molecule has 0 bridgehead atoms. The Morgan fingerprint density at radius 2 is 0.462 bits per heavy atom. The minimum atomic E-state index is -4.96. The zero-order valence-corrected chi connectivity index (χ0v) is 70.0. The smallest absolute Gasteiger partial charge is 0.462 e. The lowest BCUT2D eigenvalue weighted by Gasteiger charge is -2.21. The first-order valence-corrected chi connectivity index (χ1v) is 47.2. The van der Waals surface area contributed by atoms with Gasteiger partial charge in [0.2, 0.25) is 0 Å². The van der Waals surface area contributed by atoms with Crippen molar-refractivity contribution in [3.05, 3.63) is 0 Å². The summed E-state index contributed by atoms with van der Waals surface area (Å²) in [6, 6.07) is 0. The molecule has 0 aromatic heterocycles. The van der Waals surface area contributed by atoms with E-state index in [0.717, 1.165) is 95.8 Å². The van der Waals surface area contributed by atoms with Gasteiger partial charge in [0.05, 0.1) is 26.4 Å². The van der Waals surface area contributed by atoms with Crippen LogP contribution in [0.2, 0.25) is 0 Å². The van der Waals surface area contributed by atoms with E-state index in [1.807, 2.05) is 0 Å². The zero-order valence-electron chi connectivity index (χ0n) is 68.2. The van der Waals surface area contributed by atoms with Crippen molar-refractivity contribution in [1.82, 2.24) is 0 Å². The van der Waals surface area contributed by atoms with Gasteiger partial charge in [-0.1, -0.05) is 407 Å². The maximum atomic E-state index is 13.1. The maximum absolute atomic E-state index is 13.1. The Kier molecular flexibility index (Phi) is 76.3. The van der Waals surface area contributed by atoms with Gasteiger partial charge >= 0.3 is 39.5 Å². The first kappa shape index (κ1) is 102. The van der Waals surface area contributed by atoms with Gasteiger partial charge in [-0.25, -0.2) is 9.13 Å². The number of phosphoric acid groups is 2. The average Bonchev–Trinajstić information content (AvgIpc) is 0.904. The van der Waals surface area contributed by atoms with E-state index in [0.29, 0.717) is 25.7 Å². The van der Waals surface area contributed by atoms with Crippen molar-refractivity contribution in [2.45, 2.75) is 477 Å². The summed E-state index contributed by atoms with van der Waals surface area (Å²) in [6.07, 6.45) is 70.7. The van der Waals surface area contributed by atoms with Crippen molar-refractivity contribution < 1.29 is 80.2 Å². The van der Waals surface area contributed by atoms with Crippen LogP contribution in [0, 0.1) is 5.92 Å². The summed E-state index contributed by atoms with van der Waals surface area (Å²) in [5, 5.41) is 10.7. The number of aliphatic hydroxyl groups is 1. The minimum absolute atomic E-state index is 0.108. The molecule has 0 amide bonds. The van der Waals surface area contributed by atoms with Gasteiger partial charge < -0.3 is 33.8 Å². The highest BCUT2D eigenvalue weighted by Crippen LogP contribution is 2.45. The van der Waals surface area contributed by atoms with E-state index < -0.39 is 97.5 Å². The van der Waals surface area contributed by atoms with E-state index in [9.17, 15) is 43.2 Å². The number of carbonyl (C=O) groups is 4. The molecule has 0 aliphatic heterocycles. The van der Waals surface area contributed by atoms with Crippen LogP contribution in [-0.2, 0) is 65.4 Å². The van der Waals surface area contributed by atoms with Gasteiger partial charge in [-0.05, 0) is 31.6 Å². The van der Waals surface area contributed by atoms with Crippen LogP contribution in [-0.4, -0.2) is 96.7 Å². The molecule has 0 radical (unpaired) electrons. The monoisotopic (exact) mass is 1520 g/mol. The van der Waals surface area contributed by atoms with Crippen molar-refractivity contribution in [1.29, 1.82) is 0 Å². The van der Waals surface area contributed by atoms with E-state index in [2.05, 4.69) is 34.6 Å². The molecule has 3 N–H and O–H groups in total. The molecule has 0 rings (SSSR count). The topological polar surface area (TPSA) is 237 Å². The normalized spacial score (nSPS) is 14.0. The van der Waals surface area contributed by atoms with E-state index in [-0.39, 0.29) is 25.7 Å². The molecule has 17 nitrogen and oxygen atoms in total. The summed E-state index contributed by atoms with van der Waals surface area (Å²) in [4.78, 5) is 73.2. The van der Waals surface area contributed by atoms with Crippen LogP contribution in [0.4, 0.5) is 0 Å². The fraction of sp³-hybridized carbons (Fsp3) is 0.953. The summed E-state index contributed by atoms with van der Waals surface area (Å²) in [5.41, 5.74) is 0. The van der Waals surface area contributed by atoms with Crippen LogP contribution in [0.15, 0.2) is 0 Å². The summed E-state index contributed by atoms with van der Waals surface area (Å²) < 4.78 is 68.8. The Bertz CT molecular complexity index is 1980. The molecule has 0 saturated heterocycles. The summed E-state index contributed by atoms with van der Waals surface area (Å²) in [6.45, 7) is 7.41. The highest BCUT2D eigenvalue weighted by molar-refractivity contribution is 7.47. The van der Waals surface area contributed by atoms with E-state index in [1.54, 1.807) is 0 Å². The number of unbranched alkanes of at least 4 members (excludes halogenated alkanes) is 56. The third-order valence-corrected chi connectivity index (χ3v) is 22.3. The van der Waals surface area contributed by atoms with Crippen LogP contribution in [0.1, 0.15) is 458 Å². The lowest BCUT2D eigenvalue weighted by Crippen LogP contribution is -2.30. The fourth-order valence-electron chi connectivity index (χ4n) is 13.3. The molecule has 0 spiro atoms. The number of esters is 4. The molecule has 0 aliphatic carbocycles. The molecule has 6 atom stereocenters. The highest BCUT2D eigenvalue weighted by atomic mass is 31.2. The molecule has 0 aromatic carbocycles. The second-order valence-corrected chi connectivity index (χ2v) is 33.7. The molecule has 618 valence electrons. The number of carbonyl (C=O) groups excluding carboxylic acids is 4. The second kappa shape index (κ2) is 77.8. The molecular weight excluding hydrogens is 1350 g/mol. The Morgan fingerprint density at radius 1 is 0.269 bits per heavy atom. The number of aliphatic hydroxyl groups excluding tert-OH is 1. The largest absolute Gasteiger partial charge is 0.472 e. The molecule has 3 unspecified atom stereocenters. The Labute approximate surface area is 638 Å². The Hall–Kier alpha value is -1.94. The first-order chi connectivity index (χ1) is 50.6. The molecule has 0 heterocycles. The zero-order chi connectivity index (χ0) is 76.2. The number of phosphoric ester groups is 2. The van der Waals surface area contributed by atoms with Crippen molar-refractivity contribution >= 4 is 39.5 Å². The maximum Gasteiger partial charge on any atom is 0.472 e. The molecule has 0 aliphatic rings. The van der Waals surface area contributed by atoms with Gasteiger partial charge in [-0.2, -0.15) is 0 Å². The van der Waals surface area contributed by atoms with Crippen molar-refractivity contribution in [2.24, 2.45) is 5.92 Å². The lowest BCUT2D eigenvalue weighted by molar-refractivity contribution is -0.161. The van der Waals surface area contributed by atoms with Crippen molar-refractivity contribution in [2.75, 3.05) is 39.6 Å². The standard InChI is InChI=1S/C85H166O17P2/c1-6-10-13-16-19-22-25-28-29-30-31-32-33-34-35-36-41-46-51-56-61-66-71-85(90)102-81(75-96-83(88)69-64-59-54-49-45-40-38-37-39-42-47-52-57-62-67-78(5)9-4)77-100-104(93,94)98-73-79(86)72-97-103(91,92)99-76-80(101-84(89)70-65-60-55-50-44-27-24-21-18-15-12-8-3)74-95-82(87)68-63-58-53-48-43-26-23-20-17-14-11-7-2/h78-81,86H,6-77H2,1-5H3,(H,91,92)(H,93,94)/t78?,79-,80+,81+/m0/s1. The van der Waals surface area contributed by atoms with Gasteiger partial charge in [0.25, 0.3) is 0 Å². The quantitative estimate of drug-likeness (QED) is 0.0222. The third-order valence-electron chi connectivity index (χ3n) is 20.4. The SMILES string of the molecule is CCCCCCCCCCCCCCCCCCCCCCCCC(=O)O[C@H](COC(=O)CCCCCCCCCCCCCCCCC(C)CC)COP(=O)(O)OC[C@@H](O)COP(=O)(O)OC[C@@H](COC(=O)CCCCCCCCCCCCCC)OC(=O)CCCCCCCCCCCCCC. The predicted octanol–water partition coefficient (Wildman–Crippen LogP) is 26.0. The number of hydrogen-bond acceptors (Lipinski definition) is 15. The van der Waals surface area contributed by atoms with Gasteiger partial charge in [-0.15, -0.1) is 0 Å². The van der Waals surface area contributed by atoms with Crippen LogP contribution in [0.5, 0.6) is 0 Å². The van der Waals surface area contributed by atoms with Crippen LogP contribution >= 0.6 is 15.6 Å². The van der Waals surface area contributed by atoms with Crippen molar-refractivity contribution in [3.8, 4) is 0 Å². The summed E-state index contributed by atoms with van der Waals surface area (Å²) in [7, 11) is -9.92. The molecule has 104 heavy (non-hydrogen) atoms. The molecule has 0 saturated carbocycles. The molecule has 19 heteroatoms. The Balaban J connectivity index is 5.22. The lowest BCUT2D eigenvalue weighted by atomic mass is 9.99. The summed E-state index contributed by atoms with van der Waals surface area (Å²) >= 11 is 0. The number of hydrogen-bond donors (Lipinski definition) is 3. The van der Waals surface area contributed by atoms with Crippen LogP contribution in [0.25, 0.3) is 0 Å². The van der Waals surface area contributed by atoms with E-state index >= 15 is 0 Å². The average molecular weight is 1520 g/mol. The van der Waals surface area contributed by atoms with Gasteiger partial charge in [-0.3, -0.25) is 37.3 Å². The fourth-order valence-corrected chi connectivity index (χ4v) is 14.8. The molecule has 0 aromatic rings. The number of ether oxygens (including phenoxy) is 4. The number of rotatable bonds is 85. The van der Waals surface area contributed by atoms with Crippen molar-refractivity contribution in [3.63, 3.8) is 0 Å². The van der Waals surface area contributed by atoms with Gasteiger partial charge in [0.1, 0.15) is 19.3 Å². The van der Waals surface area contributed by atoms with Gasteiger partial charge in [0, 0.05) is 25.7 Å². The van der Waals surface area contributed by atoms with Crippen LogP contribution < -0.4 is 0 Å². The second-order valence-electron chi connectivity index (χ2n) is 30.8. The predicted molar refractivity (Wildman–Crippen MR) is 428 cm³/mol. The molecular formula is C85H166O17P2.